The summed E-state index contributed by atoms with van der Waals surface area (Å²) in [7, 11) is 0. The van der Waals surface area contributed by atoms with Crippen LogP contribution >= 0.6 is 0 Å². The van der Waals surface area contributed by atoms with Gasteiger partial charge in [-0.05, 0) is 24.1 Å². The Morgan fingerprint density at radius 2 is 2.11 bits per heavy atom. The number of carbonyl (C=O) groups is 1. The zero-order valence-electron chi connectivity index (χ0n) is 10.8. The van der Waals surface area contributed by atoms with E-state index in [1.807, 2.05) is 13.8 Å². The molecule has 1 heterocycles. The van der Waals surface area contributed by atoms with E-state index in [1.54, 1.807) is 24.3 Å². The van der Waals surface area contributed by atoms with Crippen LogP contribution in [0.3, 0.4) is 0 Å². The van der Waals surface area contributed by atoms with Crippen LogP contribution in [0.1, 0.15) is 31.2 Å². The van der Waals surface area contributed by atoms with Gasteiger partial charge in [-0.15, -0.1) is 0 Å². The topological polar surface area (TPSA) is 55.1 Å². The number of halogens is 1. The molecule has 100 valence electrons. The fourth-order valence-corrected chi connectivity index (χ4v) is 1.92. The van der Waals surface area contributed by atoms with Crippen molar-refractivity contribution in [1.82, 2.24) is 9.78 Å². The highest BCUT2D eigenvalue weighted by atomic mass is 19.1. The summed E-state index contributed by atoms with van der Waals surface area (Å²) in [5.74, 6) is -1.21. The molecule has 0 saturated carbocycles. The van der Waals surface area contributed by atoms with Crippen LogP contribution in [0, 0.1) is 5.82 Å². The molecule has 0 bridgehead atoms. The van der Waals surface area contributed by atoms with Gasteiger partial charge in [0.05, 0.1) is 12.1 Å². The smallest absolute Gasteiger partial charge is 0.309 e. The van der Waals surface area contributed by atoms with E-state index in [1.165, 1.54) is 10.7 Å². The van der Waals surface area contributed by atoms with Crippen LogP contribution in [0.15, 0.2) is 30.3 Å². The fraction of sp³-hybridized carbons (Fsp3) is 0.286. The second kappa shape index (κ2) is 5.22. The minimum atomic E-state index is -0.950. The maximum absolute atomic E-state index is 13.8. The van der Waals surface area contributed by atoms with Crippen LogP contribution in [0.5, 0.6) is 0 Å². The number of para-hydroxylation sites is 1. The third-order valence-electron chi connectivity index (χ3n) is 2.79. The highest BCUT2D eigenvalue weighted by Gasteiger charge is 2.16. The second-order valence-corrected chi connectivity index (χ2v) is 4.65. The first-order valence-electron chi connectivity index (χ1n) is 6.04. The SMILES string of the molecule is CC(C)c1cc(CC(=O)O)nn1-c1ccccc1F. The van der Waals surface area contributed by atoms with Crippen molar-refractivity contribution in [2.75, 3.05) is 0 Å². The number of nitrogens with zero attached hydrogens (tertiary/aromatic N) is 2. The minimum Gasteiger partial charge on any atom is -0.481 e. The molecule has 1 aromatic carbocycles. The maximum atomic E-state index is 13.8. The lowest BCUT2D eigenvalue weighted by Gasteiger charge is -2.10. The molecule has 0 radical (unpaired) electrons. The van der Waals surface area contributed by atoms with Gasteiger partial charge in [0.2, 0.25) is 0 Å². The Labute approximate surface area is 110 Å². The number of aromatic nitrogens is 2. The van der Waals surface area contributed by atoms with Crippen LogP contribution in [-0.4, -0.2) is 20.9 Å². The first-order chi connectivity index (χ1) is 8.99. The number of aliphatic carboxylic acids is 1. The van der Waals surface area contributed by atoms with Gasteiger partial charge in [0, 0.05) is 5.69 Å². The fourth-order valence-electron chi connectivity index (χ4n) is 1.92. The first-order valence-corrected chi connectivity index (χ1v) is 6.04. The summed E-state index contributed by atoms with van der Waals surface area (Å²) in [5, 5.41) is 13.0. The summed E-state index contributed by atoms with van der Waals surface area (Å²) in [4.78, 5) is 10.7. The monoisotopic (exact) mass is 262 g/mol. The molecular formula is C14H15FN2O2. The van der Waals surface area contributed by atoms with Gasteiger partial charge < -0.3 is 5.11 Å². The van der Waals surface area contributed by atoms with E-state index >= 15 is 0 Å². The number of benzene rings is 1. The van der Waals surface area contributed by atoms with E-state index in [9.17, 15) is 9.18 Å². The molecule has 1 N–H and O–H groups in total. The van der Waals surface area contributed by atoms with Crippen molar-refractivity contribution in [2.45, 2.75) is 26.2 Å². The van der Waals surface area contributed by atoms with Crippen molar-refractivity contribution in [1.29, 1.82) is 0 Å². The summed E-state index contributed by atoms with van der Waals surface area (Å²) in [5.41, 5.74) is 1.56. The maximum Gasteiger partial charge on any atom is 0.309 e. The van der Waals surface area contributed by atoms with Gasteiger partial charge >= 0.3 is 5.97 Å². The average molecular weight is 262 g/mol. The highest BCUT2D eigenvalue weighted by molar-refractivity contribution is 5.69. The van der Waals surface area contributed by atoms with Crippen LogP contribution < -0.4 is 0 Å². The van der Waals surface area contributed by atoms with Crippen molar-refractivity contribution in [3.8, 4) is 5.69 Å². The van der Waals surface area contributed by atoms with E-state index in [-0.39, 0.29) is 18.2 Å². The minimum absolute atomic E-state index is 0.120. The lowest BCUT2D eigenvalue weighted by atomic mass is 10.1. The average Bonchev–Trinajstić information content (AvgIpc) is 2.72. The molecule has 0 unspecified atom stereocenters. The van der Waals surface area contributed by atoms with Gasteiger partial charge in [-0.25, -0.2) is 9.07 Å². The Morgan fingerprint density at radius 3 is 2.68 bits per heavy atom. The number of rotatable bonds is 4. The van der Waals surface area contributed by atoms with Gasteiger partial charge in [-0.3, -0.25) is 4.79 Å². The molecule has 0 saturated heterocycles. The Morgan fingerprint density at radius 1 is 1.42 bits per heavy atom. The standard InChI is InChI=1S/C14H15FN2O2/c1-9(2)13-7-10(8-14(18)19)16-17(13)12-6-4-3-5-11(12)15/h3-7,9H,8H2,1-2H3,(H,18,19). The molecule has 0 aliphatic heterocycles. The molecule has 1 aromatic heterocycles. The molecule has 19 heavy (non-hydrogen) atoms. The van der Waals surface area contributed by atoms with Gasteiger partial charge in [-0.1, -0.05) is 26.0 Å². The van der Waals surface area contributed by atoms with E-state index < -0.39 is 5.97 Å². The molecule has 0 atom stereocenters. The Bertz CT molecular complexity index is 605. The zero-order chi connectivity index (χ0) is 14.0. The van der Waals surface area contributed by atoms with Gasteiger partial charge in [0.15, 0.2) is 0 Å². The molecule has 4 nitrogen and oxygen atoms in total. The summed E-state index contributed by atoms with van der Waals surface area (Å²) < 4.78 is 15.3. The quantitative estimate of drug-likeness (QED) is 0.921. The lowest BCUT2D eigenvalue weighted by Crippen LogP contribution is -2.06. The summed E-state index contributed by atoms with van der Waals surface area (Å²) in [6.45, 7) is 3.91. The predicted molar refractivity (Wildman–Crippen MR) is 69.0 cm³/mol. The lowest BCUT2D eigenvalue weighted by molar-refractivity contribution is -0.136. The molecule has 0 amide bonds. The van der Waals surface area contributed by atoms with Gasteiger partial charge in [-0.2, -0.15) is 5.10 Å². The van der Waals surface area contributed by atoms with Gasteiger partial charge in [0.25, 0.3) is 0 Å². The van der Waals surface area contributed by atoms with Crippen molar-refractivity contribution >= 4 is 5.97 Å². The Hall–Kier alpha value is -2.17. The Kier molecular flexibility index (Phi) is 3.64. The van der Waals surface area contributed by atoms with Crippen molar-refractivity contribution in [2.24, 2.45) is 0 Å². The third-order valence-corrected chi connectivity index (χ3v) is 2.79. The molecule has 2 aromatic rings. The van der Waals surface area contributed by atoms with E-state index in [2.05, 4.69) is 5.10 Å². The Balaban J connectivity index is 2.52. The van der Waals surface area contributed by atoms with Crippen molar-refractivity contribution in [3.05, 3.63) is 47.5 Å². The van der Waals surface area contributed by atoms with Gasteiger partial charge in [0.1, 0.15) is 11.5 Å². The molecule has 5 heteroatoms. The number of carboxylic acids is 1. The number of hydrogen-bond acceptors (Lipinski definition) is 2. The van der Waals surface area contributed by atoms with E-state index in [4.69, 9.17) is 5.11 Å². The molecule has 0 fully saturated rings. The van der Waals surface area contributed by atoms with Crippen LogP contribution in [-0.2, 0) is 11.2 Å². The zero-order valence-corrected chi connectivity index (χ0v) is 10.8. The third kappa shape index (κ3) is 2.81. The highest BCUT2D eigenvalue weighted by Crippen LogP contribution is 2.22. The molecule has 0 aliphatic carbocycles. The molecule has 0 aliphatic rings. The first kappa shape index (κ1) is 13.3. The van der Waals surface area contributed by atoms with Crippen molar-refractivity contribution < 1.29 is 14.3 Å². The van der Waals surface area contributed by atoms with Crippen molar-refractivity contribution in [3.63, 3.8) is 0 Å². The largest absolute Gasteiger partial charge is 0.481 e. The summed E-state index contributed by atoms with van der Waals surface area (Å²) in [6, 6.07) is 8.03. The molecular weight excluding hydrogens is 247 g/mol. The molecule has 0 spiro atoms. The normalized spacial score (nSPS) is 10.9. The summed E-state index contributed by atoms with van der Waals surface area (Å²) in [6.07, 6.45) is -0.166. The van der Waals surface area contributed by atoms with E-state index in [0.29, 0.717) is 11.4 Å². The predicted octanol–water partition coefficient (Wildman–Crippen LogP) is 2.76. The van der Waals surface area contributed by atoms with Crippen LogP contribution in [0.2, 0.25) is 0 Å². The second-order valence-electron chi connectivity index (χ2n) is 4.65. The number of hydrogen-bond donors (Lipinski definition) is 1. The summed E-state index contributed by atoms with van der Waals surface area (Å²) >= 11 is 0. The van der Waals surface area contributed by atoms with E-state index in [0.717, 1.165) is 5.69 Å². The van der Waals surface area contributed by atoms with Crippen LogP contribution in [0.4, 0.5) is 4.39 Å². The number of carboxylic acid groups (broad SMARTS) is 1. The molecule has 2 rings (SSSR count). The van der Waals surface area contributed by atoms with Crippen LogP contribution in [0.25, 0.3) is 5.69 Å².